The molecule has 134 valence electrons. The van der Waals surface area contributed by atoms with Crippen LogP contribution < -0.4 is 10.7 Å². The van der Waals surface area contributed by atoms with E-state index in [1.54, 1.807) is 24.3 Å². The number of hydrogen-bond acceptors (Lipinski definition) is 3. The highest BCUT2D eigenvalue weighted by atomic mass is 16.1. The summed E-state index contributed by atoms with van der Waals surface area (Å²) in [5.41, 5.74) is 1.83. The molecule has 2 aromatic carbocycles. The molecule has 3 aromatic rings. The second-order valence-electron chi connectivity index (χ2n) is 7.21. The summed E-state index contributed by atoms with van der Waals surface area (Å²) in [6.07, 6.45) is 2.31. The zero-order valence-corrected chi connectivity index (χ0v) is 14.9. The summed E-state index contributed by atoms with van der Waals surface area (Å²) in [6.45, 7) is 2.80. The van der Waals surface area contributed by atoms with Gasteiger partial charge in [0.1, 0.15) is 0 Å². The summed E-state index contributed by atoms with van der Waals surface area (Å²) in [7, 11) is 2.12. The van der Waals surface area contributed by atoms with Gasteiger partial charge in [0.05, 0.1) is 11.1 Å². The Bertz CT molecular complexity index is 1020. The number of H-pyrrole nitrogens is 1. The van der Waals surface area contributed by atoms with Gasteiger partial charge in [-0.3, -0.25) is 9.59 Å². The molecule has 1 unspecified atom stereocenters. The van der Waals surface area contributed by atoms with Gasteiger partial charge in [-0.1, -0.05) is 18.2 Å². The first kappa shape index (κ1) is 16.8. The van der Waals surface area contributed by atoms with Gasteiger partial charge in [0.15, 0.2) is 5.43 Å². The van der Waals surface area contributed by atoms with Gasteiger partial charge in [-0.2, -0.15) is 0 Å². The number of para-hydroxylation sites is 2. The van der Waals surface area contributed by atoms with Crippen molar-refractivity contribution in [1.29, 1.82) is 0 Å². The topological polar surface area (TPSA) is 65.2 Å². The van der Waals surface area contributed by atoms with Gasteiger partial charge in [-0.15, -0.1) is 0 Å². The zero-order chi connectivity index (χ0) is 18.1. The summed E-state index contributed by atoms with van der Waals surface area (Å²) in [5, 5.41) is 4.25. The van der Waals surface area contributed by atoms with E-state index in [4.69, 9.17) is 0 Å². The number of nitrogens with zero attached hydrogens (tertiary/aromatic N) is 1. The second-order valence-corrected chi connectivity index (χ2v) is 7.21. The van der Waals surface area contributed by atoms with Crippen LogP contribution in [0.1, 0.15) is 23.2 Å². The molecule has 2 heterocycles. The normalized spacial score (nSPS) is 18.3. The van der Waals surface area contributed by atoms with Gasteiger partial charge in [-0.05, 0) is 56.6 Å². The van der Waals surface area contributed by atoms with E-state index in [0.29, 0.717) is 34.3 Å². The Morgan fingerprint density at radius 3 is 2.85 bits per heavy atom. The Morgan fingerprint density at radius 1 is 1.19 bits per heavy atom. The van der Waals surface area contributed by atoms with Crippen molar-refractivity contribution in [2.45, 2.75) is 12.8 Å². The van der Waals surface area contributed by atoms with Crippen LogP contribution in [0.15, 0.2) is 47.3 Å². The minimum atomic E-state index is -0.130. The van der Waals surface area contributed by atoms with Crippen molar-refractivity contribution >= 4 is 27.7 Å². The van der Waals surface area contributed by atoms with Gasteiger partial charge in [0, 0.05) is 29.4 Å². The van der Waals surface area contributed by atoms with Gasteiger partial charge in [-0.25, -0.2) is 0 Å². The van der Waals surface area contributed by atoms with Crippen molar-refractivity contribution in [1.82, 2.24) is 15.2 Å². The molecule has 4 rings (SSSR count). The molecule has 2 N–H and O–H groups in total. The van der Waals surface area contributed by atoms with E-state index < -0.39 is 0 Å². The summed E-state index contributed by atoms with van der Waals surface area (Å²) in [6, 6.07) is 12.7. The first-order valence-electron chi connectivity index (χ1n) is 9.14. The minimum absolute atomic E-state index is 0.0436. The van der Waals surface area contributed by atoms with Crippen molar-refractivity contribution in [3.8, 4) is 0 Å². The number of amides is 1. The third-order valence-electron chi connectivity index (χ3n) is 5.26. The van der Waals surface area contributed by atoms with E-state index in [9.17, 15) is 9.59 Å². The molecule has 1 fully saturated rings. The number of aromatic amines is 1. The fraction of sp³-hybridized carbons (Fsp3) is 0.333. The summed E-state index contributed by atoms with van der Waals surface area (Å²) < 4.78 is 0. The van der Waals surface area contributed by atoms with E-state index in [1.807, 2.05) is 18.2 Å². The number of hydrogen-bond donors (Lipinski definition) is 2. The zero-order valence-electron chi connectivity index (χ0n) is 14.9. The molecular weight excluding hydrogens is 326 g/mol. The lowest BCUT2D eigenvalue weighted by Crippen LogP contribution is -2.39. The Hall–Kier alpha value is -2.66. The van der Waals surface area contributed by atoms with Crippen molar-refractivity contribution in [3.63, 3.8) is 0 Å². The lowest BCUT2D eigenvalue weighted by Gasteiger charge is -2.29. The maximum Gasteiger partial charge on any atom is 0.253 e. The molecule has 0 spiro atoms. The molecule has 0 radical (unpaired) electrons. The average Bonchev–Trinajstić information content (AvgIpc) is 2.66. The molecule has 0 saturated carbocycles. The Labute approximate surface area is 152 Å². The maximum atomic E-state index is 12.8. The third kappa shape index (κ3) is 3.10. The molecule has 26 heavy (non-hydrogen) atoms. The predicted molar refractivity (Wildman–Crippen MR) is 105 cm³/mol. The van der Waals surface area contributed by atoms with E-state index in [2.05, 4.69) is 22.2 Å². The van der Waals surface area contributed by atoms with Crippen molar-refractivity contribution in [2.24, 2.45) is 5.92 Å². The first-order chi connectivity index (χ1) is 12.6. The number of benzene rings is 2. The van der Waals surface area contributed by atoms with Gasteiger partial charge in [0.2, 0.25) is 0 Å². The largest absolute Gasteiger partial charge is 0.354 e. The lowest BCUT2D eigenvalue weighted by molar-refractivity contribution is 0.0938. The number of pyridine rings is 1. The molecular formula is C21H23N3O2. The summed E-state index contributed by atoms with van der Waals surface area (Å²) in [5.74, 6) is 0.349. The average molecular weight is 349 g/mol. The molecule has 1 aliphatic heterocycles. The highest BCUT2D eigenvalue weighted by molar-refractivity contribution is 6.07. The van der Waals surface area contributed by atoms with Gasteiger partial charge in [0.25, 0.3) is 5.91 Å². The highest BCUT2D eigenvalue weighted by Crippen LogP contribution is 2.19. The Balaban J connectivity index is 1.65. The molecule has 0 bridgehead atoms. The fourth-order valence-electron chi connectivity index (χ4n) is 3.91. The fourth-order valence-corrected chi connectivity index (χ4v) is 3.91. The number of carbonyl (C=O) groups is 1. The number of piperidine rings is 1. The highest BCUT2D eigenvalue weighted by Gasteiger charge is 2.19. The SMILES string of the molecule is CN1CCCC(CNC(=O)c2cccc3c(=O)c4ccccc4[nH]c23)C1. The van der Waals surface area contributed by atoms with Crippen molar-refractivity contribution < 1.29 is 4.79 Å². The van der Waals surface area contributed by atoms with Crippen molar-refractivity contribution in [3.05, 3.63) is 58.3 Å². The number of carbonyl (C=O) groups excluding carboxylic acids is 1. The molecule has 0 aliphatic carbocycles. The predicted octanol–water partition coefficient (Wildman–Crippen LogP) is 2.75. The lowest BCUT2D eigenvalue weighted by atomic mass is 9.98. The van der Waals surface area contributed by atoms with E-state index >= 15 is 0 Å². The molecule has 1 saturated heterocycles. The van der Waals surface area contributed by atoms with E-state index in [1.165, 1.54) is 6.42 Å². The van der Waals surface area contributed by atoms with Crippen LogP contribution in [0.2, 0.25) is 0 Å². The third-order valence-corrected chi connectivity index (χ3v) is 5.26. The number of likely N-dealkylation sites (tertiary alicyclic amines) is 1. The quantitative estimate of drug-likeness (QED) is 0.715. The van der Waals surface area contributed by atoms with Crippen LogP contribution in [0.3, 0.4) is 0 Å². The van der Waals surface area contributed by atoms with Crippen LogP contribution in [0.4, 0.5) is 0 Å². The van der Waals surface area contributed by atoms with Crippen LogP contribution in [0.25, 0.3) is 21.8 Å². The number of rotatable bonds is 3. The van der Waals surface area contributed by atoms with Crippen LogP contribution in [-0.2, 0) is 0 Å². The Morgan fingerprint density at radius 2 is 2.00 bits per heavy atom. The number of nitrogens with one attached hydrogen (secondary N) is 2. The van der Waals surface area contributed by atoms with E-state index in [0.717, 1.165) is 25.0 Å². The van der Waals surface area contributed by atoms with Crippen LogP contribution in [0.5, 0.6) is 0 Å². The molecule has 1 aromatic heterocycles. The van der Waals surface area contributed by atoms with Crippen LogP contribution in [-0.4, -0.2) is 42.5 Å². The molecule has 5 heteroatoms. The monoisotopic (exact) mass is 349 g/mol. The second kappa shape index (κ2) is 6.92. The van der Waals surface area contributed by atoms with Gasteiger partial charge >= 0.3 is 0 Å². The van der Waals surface area contributed by atoms with Gasteiger partial charge < -0.3 is 15.2 Å². The number of fused-ring (bicyclic) bond motifs is 2. The molecule has 5 nitrogen and oxygen atoms in total. The molecule has 1 atom stereocenters. The van der Waals surface area contributed by atoms with Crippen LogP contribution in [0, 0.1) is 5.92 Å². The van der Waals surface area contributed by atoms with Crippen molar-refractivity contribution in [2.75, 3.05) is 26.7 Å². The standard InChI is InChI=1S/C21H23N3O2/c1-24-11-5-6-14(13-24)12-22-21(26)17-9-4-8-16-19(17)23-18-10-3-2-7-15(18)20(16)25/h2-4,7-10,14H,5-6,11-13H2,1H3,(H,22,26)(H,23,25). The Kier molecular flexibility index (Phi) is 4.47. The van der Waals surface area contributed by atoms with Crippen LogP contribution >= 0.6 is 0 Å². The smallest absolute Gasteiger partial charge is 0.253 e. The molecule has 1 amide bonds. The molecule has 1 aliphatic rings. The number of aromatic nitrogens is 1. The first-order valence-corrected chi connectivity index (χ1v) is 9.14. The maximum absolute atomic E-state index is 12.8. The van der Waals surface area contributed by atoms with E-state index in [-0.39, 0.29) is 11.3 Å². The summed E-state index contributed by atoms with van der Waals surface area (Å²) in [4.78, 5) is 31.1. The minimum Gasteiger partial charge on any atom is -0.354 e. The summed E-state index contributed by atoms with van der Waals surface area (Å²) >= 11 is 0.